The van der Waals surface area contributed by atoms with Crippen molar-refractivity contribution in [2.45, 2.75) is 39.1 Å². The molecule has 0 atom stereocenters. The molecule has 1 heterocycles. The number of sulfonamides is 1. The van der Waals surface area contributed by atoms with E-state index in [0.29, 0.717) is 10.6 Å². The zero-order valence-electron chi connectivity index (χ0n) is 12.6. The van der Waals surface area contributed by atoms with Crippen LogP contribution in [0.15, 0.2) is 29.2 Å². The van der Waals surface area contributed by atoms with Crippen LogP contribution in [0.25, 0.3) is 0 Å². The molecule has 1 aromatic heterocycles. The number of nitrogens with zero attached hydrogens (tertiary/aromatic N) is 2. The van der Waals surface area contributed by atoms with E-state index in [2.05, 4.69) is 14.9 Å². The largest absolute Gasteiger partial charge is 0.241 e. The first-order valence-electron chi connectivity index (χ1n) is 6.66. The molecule has 2 aromatic rings. The molecular weight excluding hydrogens is 286 g/mol. The monoisotopic (exact) mass is 305 g/mol. The quantitative estimate of drug-likeness (QED) is 0.940. The summed E-state index contributed by atoms with van der Waals surface area (Å²) in [5.41, 5.74) is 3.93. The molecule has 0 spiro atoms. The topological polar surface area (TPSA) is 72.0 Å². The molecule has 0 radical (unpaired) electrons. The van der Waals surface area contributed by atoms with Crippen LogP contribution < -0.4 is 4.72 Å². The Kier molecular flexibility index (Phi) is 4.39. The Bertz CT molecular complexity index is 730. The second kappa shape index (κ2) is 5.91. The van der Waals surface area contributed by atoms with E-state index in [1.807, 2.05) is 26.0 Å². The molecule has 112 valence electrons. The fourth-order valence-corrected chi connectivity index (χ4v) is 3.80. The van der Waals surface area contributed by atoms with Crippen molar-refractivity contribution >= 4 is 10.0 Å². The minimum Gasteiger partial charge on any atom is -0.207 e. The van der Waals surface area contributed by atoms with Gasteiger partial charge in [-0.3, -0.25) is 0 Å². The summed E-state index contributed by atoms with van der Waals surface area (Å²) in [5, 5.41) is 7.87. The number of aryl methyl sites for hydroxylation is 4. The lowest BCUT2D eigenvalue weighted by Gasteiger charge is -2.12. The van der Waals surface area contributed by atoms with E-state index in [-0.39, 0.29) is 6.54 Å². The SMILES string of the molecule is Cc1cc(C)c(S(=O)(=O)NCc2ccc(C)nn2)c(C)c1. The Morgan fingerprint density at radius 2 is 1.62 bits per heavy atom. The Morgan fingerprint density at radius 3 is 2.14 bits per heavy atom. The van der Waals surface area contributed by atoms with Gasteiger partial charge < -0.3 is 0 Å². The fourth-order valence-electron chi connectivity index (χ4n) is 2.35. The molecule has 2 rings (SSSR count). The molecule has 0 aliphatic carbocycles. The highest BCUT2D eigenvalue weighted by atomic mass is 32.2. The second-order valence-electron chi connectivity index (χ2n) is 5.22. The molecule has 0 saturated heterocycles. The van der Waals surface area contributed by atoms with Crippen LogP contribution in [-0.4, -0.2) is 18.6 Å². The summed E-state index contributed by atoms with van der Waals surface area (Å²) < 4.78 is 27.5. The third-order valence-electron chi connectivity index (χ3n) is 3.17. The molecule has 0 aliphatic rings. The molecule has 1 aromatic carbocycles. The van der Waals surface area contributed by atoms with Crippen LogP contribution in [0.1, 0.15) is 28.1 Å². The van der Waals surface area contributed by atoms with Crippen molar-refractivity contribution in [3.8, 4) is 0 Å². The van der Waals surface area contributed by atoms with Crippen LogP contribution in [0, 0.1) is 27.7 Å². The van der Waals surface area contributed by atoms with Crippen LogP contribution in [0.2, 0.25) is 0 Å². The lowest BCUT2D eigenvalue weighted by Crippen LogP contribution is -2.25. The average Bonchev–Trinajstić information content (AvgIpc) is 2.36. The summed E-state index contributed by atoms with van der Waals surface area (Å²) in [5.74, 6) is 0. The number of aromatic nitrogens is 2. The molecular formula is C15H19N3O2S. The van der Waals surface area contributed by atoms with Gasteiger partial charge in [-0.05, 0) is 51.0 Å². The van der Waals surface area contributed by atoms with Crippen LogP contribution in [0.5, 0.6) is 0 Å². The minimum absolute atomic E-state index is 0.127. The number of hydrogen-bond acceptors (Lipinski definition) is 4. The summed E-state index contributed by atoms with van der Waals surface area (Å²) in [6.45, 7) is 7.52. The Labute approximate surface area is 125 Å². The smallest absolute Gasteiger partial charge is 0.207 e. The summed E-state index contributed by atoms with van der Waals surface area (Å²) in [6, 6.07) is 7.30. The maximum absolute atomic E-state index is 12.5. The molecule has 5 nitrogen and oxygen atoms in total. The van der Waals surface area contributed by atoms with Crippen molar-refractivity contribution < 1.29 is 8.42 Å². The molecule has 0 bridgehead atoms. The average molecular weight is 305 g/mol. The number of benzene rings is 1. The number of rotatable bonds is 4. The van der Waals surface area contributed by atoms with Gasteiger partial charge in [0.15, 0.2) is 0 Å². The van der Waals surface area contributed by atoms with Gasteiger partial charge in [-0.25, -0.2) is 13.1 Å². The molecule has 0 amide bonds. The van der Waals surface area contributed by atoms with E-state index in [4.69, 9.17) is 0 Å². The van der Waals surface area contributed by atoms with Crippen LogP contribution in [0.4, 0.5) is 0 Å². The normalized spacial score (nSPS) is 11.6. The van der Waals surface area contributed by atoms with Crippen molar-refractivity contribution in [2.24, 2.45) is 0 Å². The Hall–Kier alpha value is -1.79. The van der Waals surface area contributed by atoms with E-state index in [1.54, 1.807) is 26.0 Å². The zero-order valence-corrected chi connectivity index (χ0v) is 13.5. The molecule has 21 heavy (non-hydrogen) atoms. The van der Waals surface area contributed by atoms with Gasteiger partial charge >= 0.3 is 0 Å². The maximum Gasteiger partial charge on any atom is 0.241 e. The molecule has 0 aliphatic heterocycles. The second-order valence-corrected chi connectivity index (χ2v) is 6.92. The van der Waals surface area contributed by atoms with Crippen molar-refractivity contribution in [2.75, 3.05) is 0 Å². The van der Waals surface area contributed by atoms with Gasteiger partial charge in [0.05, 0.1) is 22.8 Å². The van der Waals surface area contributed by atoms with Gasteiger partial charge in [0.25, 0.3) is 0 Å². The number of nitrogens with one attached hydrogen (secondary N) is 1. The van der Waals surface area contributed by atoms with E-state index in [1.165, 1.54) is 0 Å². The lowest BCUT2D eigenvalue weighted by molar-refractivity contribution is 0.578. The predicted octanol–water partition coefficient (Wildman–Crippen LogP) is 2.19. The van der Waals surface area contributed by atoms with Crippen LogP contribution in [0.3, 0.4) is 0 Å². The van der Waals surface area contributed by atoms with Gasteiger partial charge in [0.2, 0.25) is 10.0 Å². The first-order chi connectivity index (χ1) is 9.79. The van der Waals surface area contributed by atoms with Gasteiger partial charge in [-0.15, -0.1) is 0 Å². The van der Waals surface area contributed by atoms with E-state index < -0.39 is 10.0 Å². The first-order valence-corrected chi connectivity index (χ1v) is 8.14. The van der Waals surface area contributed by atoms with Crippen LogP contribution in [-0.2, 0) is 16.6 Å². The maximum atomic E-state index is 12.5. The van der Waals surface area contributed by atoms with Crippen molar-refractivity contribution in [3.05, 3.63) is 52.3 Å². The third-order valence-corrected chi connectivity index (χ3v) is 4.88. The molecule has 1 N–H and O–H groups in total. The third kappa shape index (κ3) is 3.65. The highest BCUT2D eigenvalue weighted by molar-refractivity contribution is 7.89. The summed E-state index contributed by atoms with van der Waals surface area (Å²) in [7, 11) is -3.56. The van der Waals surface area contributed by atoms with E-state index in [0.717, 1.165) is 22.4 Å². The molecule has 6 heteroatoms. The minimum atomic E-state index is -3.56. The molecule has 0 unspecified atom stereocenters. The highest BCUT2D eigenvalue weighted by Gasteiger charge is 2.19. The van der Waals surface area contributed by atoms with Gasteiger partial charge in [-0.2, -0.15) is 10.2 Å². The first kappa shape index (κ1) is 15.6. The van der Waals surface area contributed by atoms with Crippen molar-refractivity contribution in [1.29, 1.82) is 0 Å². The zero-order chi connectivity index (χ0) is 15.6. The lowest BCUT2D eigenvalue weighted by atomic mass is 10.1. The summed E-state index contributed by atoms with van der Waals surface area (Å²) >= 11 is 0. The van der Waals surface area contributed by atoms with Crippen LogP contribution >= 0.6 is 0 Å². The Morgan fingerprint density at radius 1 is 1.00 bits per heavy atom. The van der Waals surface area contributed by atoms with Crippen molar-refractivity contribution in [1.82, 2.24) is 14.9 Å². The Balaban J connectivity index is 2.25. The summed E-state index contributed by atoms with van der Waals surface area (Å²) in [6.07, 6.45) is 0. The predicted molar refractivity (Wildman–Crippen MR) is 81.4 cm³/mol. The van der Waals surface area contributed by atoms with E-state index >= 15 is 0 Å². The standard InChI is InChI=1S/C15H19N3O2S/c1-10-7-11(2)15(12(3)8-10)21(19,20)16-9-14-6-5-13(4)17-18-14/h5-8,16H,9H2,1-4H3. The van der Waals surface area contributed by atoms with Gasteiger partial charge in [0, 0.05) is 0 Å². The highest BCUT2D eigenvalue weighted by Crippen LogP contribution is 2.21. The molecule has 0 fully saturated rings. The van der Waals surface area contributed by atoms with Gasteiger partial charge in [-0.1, -0.05) is 17.7 Å². The fraction of sp³-hybridized carbons (Fsp3) is 0.333. The van der Waals surface area contributed by atoms with E-state index in [9.17, 15) is 8.42 Å². The van der Waals surface area contributed by atoms with Crippen molar-refractivity contribution in [3.63, 3.8) is 0 Å². The van der Waals surface area contributed by atoms with Gasteiger partial charge in [0.1, 0.15) is 0 Å². The molecule has 0 saturated carbocycles. The summed E-state index contributed by atoms with van der Waals surface area (Å²) in [4.78, 5) is 0.341. The number of hydrogen-bond donors (Lipinski definition) is 1.